The van der Waals surface area contributed by atoms with Gasteiger partial charge >= 0.3 is 0 Å². The van der Waals surface area contributed by atoms with Gasteiger partial charge in [0.25, 0.3) is 0 Å². The first-order valence-electron chi connectivity index (χ1n) is 5.32. The Kier molecular flexibility index (Phi) is 8.10. The van der Waals surface area contributed by atoms with Crippen molar-refractivity contribution in [3.63, 3.8) is 0 Å². The second-order valence-corrected chi connectivity index (χ2v) is 3.60. The normalized spacial score (nSPS) is 13.0. The van der Waals surface area contributed by atoms with Crippen molar-refractivity contribution in [3.8, 4) is 0 Å². The molecular formula is C12H20O2. The molecule has 0 aromatic heterocycles. The zero-order chi connectivity index (χ0) is 10.8. The SMILES string of the molecule is CCC(=O)CC(C)/C=C/CCCC=O. The van der Waals surface area contributed by atoms with E-state index in [9.17, 15) is 9.59 Å². The van der Waals surface area contributed by atoms with E-state index >= 15 is 0 Å². The first-order chi connectivity index (χ1) is 6.70. The fraction of sp³-hybridized carbons (Fsp3) is 0.667. The molecule has 0 aliphatic carbocycles. The molecule has 0 heterocycles. The van der Waals surface area contributed by atoms with E-state index in [-0.39, 0.29) is 0 Å². The van der Waals surface area contributed by atoms with Gasteiger partial charge in [-0.3, -0.25) is 4.79 Å². The van der Waals surface area contributed by atoms with Crippen LogP contribution in [0.4, 0.5) is 0 Å². The van der Waals surface area contributed by atoms with Crippen LogP contribution < -0.4 is 0 Å². The van der Waals surface area contributed by atoms with Gasteiger partial charge in [-0.05, 0) is 18.8 Å². The predicted octanol–water partition coefficient (Wildman–Crippen LogP) is 2.92. The van der Waals surface area contributed by atoms with Gasteiger partial charge in [-0.15, -0.1) is 0 Å². The molecule has 1 unspecified atom stereocenters. The smallest absolute Gasteiger partial charge is 0.133 e. The van der Waals surface area contributed by atoms with Gasteiger partial charge in [0.15, 0.2) is 0 Å². The summed E-state index contributed by atoms with van der Waals surface area (Å²) in [4.78, 5) is 21.1. The number of carbonyl (C=O) groups excluding carboxylic acids is 2. The van der Waals surface area contributed by atoms with Crippen LogP contribution in [0.15, 0.2) is 12.2 Å². The molecule has 0 aromatic rings. The van der Waals surface area contributed by atoms with Crippen LogP contribution in [0.1, 0.15) is 46.0 Å². The molecule has 2 heteroatoms. The van der Waals surface area contributed by atoms with Crippen LogP contribution in [0.2, 0.25) is 0 Å². The second kappa shape index (κ2) is 8.67. The number of carbonyl (C=O) groups is 2. The van der Waals surface area contributed by atoms with Gasteiger partial charge in [0.2, 0.25) is 0 Å². The Morgan fingerprint density at radius 1 is 1.36 bits per heavy atom. The summed E-state index contributed by atoms with van der Waals surface area (Å²) in [6, 6.07) is 0. The van der Waals surface area contributed by atoms with Gasteiger partial charge in [0, 0.05) is 19.3 Å². The van der Waals surface area contributed by atoms with Gasteiger partial charge in [-0.1, -0.05) is 26.0 Å². The minimum absolute atomic E-state index is 0.315. The molecule has 80 valence electrons. The van der Waals surface area contributed by atoms with E-state index in [2.05, 4.69) is 12.2 Å². The van der Waals surface area contributed by atoms with Crippen LogP contribution in [0.5, 0.6) is 0 Å². The molecule has 0 fully saturated rings. The van der Waals surface area contributed by atoms with E-state index in [1.807, 2.05) is 13.8 Å². The van der Waals surface area contributed by atoms with Crippen molar-refractivity contribution < 1.29 is 9.59 Å². The standard InChI is InChI=1S/C12H20O2/c1-3-12(14)10-11(2)8-6-4-5-7-9-13/h6,8-9,11H,3-5,7,10H2,1-2H3/b8-6+. The van der Waals surface area contributed by atoms with E-state index in [1.54, 1.807) is 0 Å². The van der Waals surface area contributed by atoms with Crippen molar-refractivity contribution in [1.29, 1.82) is 0 Å². The number of rotatable bonds is 8. The highest BCUT2D eigenvalue weighted by Gasteiger charge is 2.02. The van der Waals surface area contributed by atoms with Crippen LogP contribution >= 0.6 is 0 Å². The molecule has 0 aliphatic rings. The molecule has 0 radical (unpaired) electrons. The third kappa shape index (κ3) is 7.71. The summed E-state index contributed by atoms with van der Waals surface area (Å²) in [5, 5.41) is 0. The Morgan fingerprint density at radius 3 is 2.64 bits per heavy atom. The minimum Gasteiger partial charge on any atom is -0.303 e. The molecule has 1 atom stereocenters. The van der Waals surface area contributed by atoms with E-state index < -0.39 is 0 Å². The number of ketones is 1. The molecule has 0 saturated carbocycles. The third-order valence-electron chi connectivity index (χ3n) is 2.10. The summed E-state index contributed by atoms with van der Waals surface area (Å²) in [5.41, 5.74) is 0. The van der Waals surface area contributed by atoms with Gasteiger partial charge in [-0.2, -0.15) is 0 Å². The summed E-state index contributed by atoms with van der Waals surface area (Å²) in [5.74, 6) is 0.647. The highest BCUT2D eigenvalue weighted by Crippen LogP contribution is 2.07. The molecule has 14 heavy (non-hydrogen) atoms. The summed E-state index contributed by atoms with van der Waals surface area (Å²) < 4.78 is 0. The molecule has 0 aliphatic heterocycles. The van der Waals surface area contributed by atoms with Gasteiger partial charge in [0.1, 0.15) is 12.1 Å². The van der Waals surface area contributed by atoms with Crippen LogP contribution in [0.3, 0.4) is 0 Å². The molecule has 0 spiro atoms. The molecule has 0 aromatic carbocycles. The fourth-order valence-electron chi connectivity index (χ4n) is 1.22. The van der Waals surface area contributed by atoms with Crippen molar-refractivity contribution in [2.75, 3.05) is 0 Å². The minimum atomic E-state index is 0.315. The van der Waals surface area contributed by atoms with Crippen LogP contribution in [-0.2, 0) is 9.59 Å². The number of allylic oxidation sites excluding steroid dienone is 2. The molecule has 0 amide bonds. The monoisotopic (exact) mass is 196 g/mol. The van der Waals surface area contributed by atoms with E-state index in [1.165, 1.54) is 0 Å². The van der Waals surface area contributed by atoms with Crippen molar-refractivity contribution in [2.24, 2.45) is 5.92 Å². The third-order valence-corrected chi connectivity index (χ3v) is 2.10. The number of aldehydes is 1. The molecule has 0 bridgehead atoms. The lowest BCUT2D eigenvalue weighted by Gasteiger charge is -2.02. The van der Waals surface area contributed by atoms with Gasteiger partial charge in [0.05, 0.1) is 0 Å². The quantitative estimate of drug-likeness (QED) is 0.340. The second-order valence-electron chi connectivity index (χ2n) is 3.60. The average molecular weight is 196 g/mol. The number of hydrogen-bond acceptors (Lipinski definition) is 2. The Morgan fingerprint density at radius 2 is 2.07 bits per heavy atom. The van der Waals surface area contributed by atoms with Crippen molar-refractivity contribution in [1.82, 2.24) is 0 Å². The zero-order valence-corrected chi connectivity index (χ0v) is 9.16. The van der Waals surface area contributed by atoms with Crippen LogP contribution in [0.25, 0.3) is 0 Å². The van der Waals surface area contributed by atoms with Crippen LogP contribution in [0, 0.1) is 5.92 Å². The van der Waals surface area contributed by atoms with Crippen LogP contribution in [-0.4, -0.2) is 12.1 Å². The first kappa shape index (κ1) is 13.1. The molecular weight excluding hydrogens is 176 g/mol. The lowest BCUT2D eigenvalue weighted by atomic mass is 10.0. The van der Waals surface area contributed by atoms with Crippen molar-refractivity contribution >= 4 is 12.1 Å². The summed E-state index contributed by atoms with van der Waals surface area (Å²) in [6.45, 7) is 3.94. The topological polar surface area (TPSA) is 34.1 Å². The average Bonchev–Trinajstić information content (AvgIpc) is 2.17. The summed E-state index contributed by atoms with van der Waals surface area (Å²) in [6.07, 6.45) is 8.82. The number of unbranched alkanes of at least 4 members (excludes halogenated alkanes) is 2. The first-order valence-corrected chi connectivity index (χ1v) is 5.32. The highest BCUT2D eigenvalue weighted by molar-refractivity contribution is 5.78. The maximum atomic E-state index is 11.1. The van der Waals surface area contributed by atoms with Crippen molar-refractivity contribution in [2.45, 2.75) is 46.0 Å². The molecule has 2 nitrogen and oxygen atoms in total. The van der Waals surface area contributed by atoms with E-state index in [0.29, 0.717) is 31.0 Å². The molecule has 0 rings (SSSR count). The predicted molar refractivity (Wildman–Crippen MR) is 58.1 cm³/mol. The zero-order valence-electron chi connectivity index (χ0n) is 9.16. The van der Waals surface area contributed by atoms with Gasteiger partial charge in [-0.25, -0.2) is 0 Å². The lowest BCUT2D eigenvalue weighted by molar-refractivity contribution is -0.119. The van der Waals surface area contributed by atoms with Crippen molar-refractivity contribution in [3.05, 3.63) is 12.2 Å². The summed E-state index contributed by atoms with van der Waals surface area (Å²) >= 11 is 0. The molecule has 0 N–H and O–H groups in total. The van der Waals surface area contributed by atoms with Gasteiger partial charge < -0.3 is 4.79 Å². The number of Topliss-reactive ketones (excluding diaryl/α,β-unsaturated/α-hetero) is 1. The fourth-order valence-corrected chi connectivity index (χ4v) is 1.22. The highest BCUT2D eigenvalue weighted by atomic mass is 16.1. The largest absolute Gasteiger partial charge is 0.303 e. The van der Waals surface area contributed by atoms with E-state index in [0.717, 1.165) is 19.1 Å². The van der Waals surface area contributed by atoms with E-state index in [4.69, 9.17) is 0 Å². The Labute approximate surface area is 86.4 Å². The Hall–Kier alpha value is -0.920. The maximum Gasteiger partial charge on any atom is 0.133 e. The number of hydrogen-bond donors (Lipinski definition) is 0. The lowest BCUT2D eigenvalue weighted by Crippen LogP contribution is -2.01. The Balaban J connectivity index is 3.54. The molecule has 0 saturated heterocycles. The Bertz CT molecular complexity index is 194. The maximum absolute atomic E-state index is 11.1. The summed E-state index contributed by atoms with van der Waals surface area (Å²) in [7, 11) is 0.